The molecular formula is C18H25N5O2. The summed E-state index contributed by atoms with van der Waals surface area (Å²) in [4.78, 5) is 34.5. The maximum absolute atomic E-state index is 12.8. The Bertz CT molecular complexity index is 722. The van der Waals surface area contributed by atoms with E-state index in [1.807, 2.05) is 43.1 Å². The predicted octanol–water partition coefficient (Wildman–Crippen LogP) is 1.41. The van der Waals surface area contributed by atoms with Gasteiger partial charge in [-0.25, -0.2) is 4.98 Å². The standard InChI is InChI=1S/C18H25N5O2/c1-3-23-15(24)7-6-14(16(23)17-20-11-12-22(17)2)18(25)21-10-8-13-5-4-9-19-13/h4-5,9,11-12,14,16,19H,3,6-8,10H2,1-2H3,(H,21,25)/t14-,16-/m0/s1. The molecule has 25 heavy (non-hydrogen) atoms. The number of carbonyl (C=O) groups excluding carboxylic acids is 2. The smallest absolute Gasteiger partial charge is 0.225 e. The third kappa shape index (κ3) is 3.60. The van der Waals surface area contributed by atoms with Crippen LogP contribution >= 0.6 is 0 Å². The van der Waals surface area contributed by atoms with Gasteiger partial charge in [0.25, 0.3) is 0 Å². The van der Waals surface area contributed by atoms with E-state index in [2.05, 4.69) is 15.3 Å². The summed E-state index contributed by atoms with van der Waals surface area (Å²) in [6, 6.07) is 3.64. The number of hydrogen-bond acceptors (Lipinski definition) is 3. The SMILES string of the molecule is CCN1C(=O)CC[C@H](C(=O)NCCc2ccc[nH]2)[C@H]1c1nccn1C. The number of nitrogens with one attached hydrogen (secondary N) is 2. The lowest BCUT2D eigenvalue weighted by Crippen LogP contribution is -2.49. The third-order valence-electron chi connectivity index (χ3n) is 4.86. The molecule has 2 aromatic rings. The van der Waals surface area contributed by atoms with E-state index in [1.54, 1.807) is 11.1 Å². The van der Waals surface area contributed by atoms with Crippen LogP contribution in [0.4, 0.5) is 0 Å². The number of aromatic nitrogens is 3. The summed E-state index contributed by atoms with van der Waals surface area (Å²) in [5.74, 6) is 0.568. The van der Waals surface area contributed by atoms with Crippen molar-refractivity contribution < 1.29 is 9.59 Å². The molecule has 2 aromatic heterocycles. The van der Waals surface area contributed by atoms with Gasteiger partial charge in [-0.2, -0.15) is 0 Å². The number of H-pyrrole nitrogens is 1. The molecule has 0 saturated carbocycles. The molecule has 2 N–H and O–H groups in total. The zero-order chi connectivity index (χ0) is 17.8. The Hall–Kier alpha value is -2.57. The van der Waals surface area contributed by atoms with Crippen LogP contribution < -0.4 is 5.32 Å². The number of imidazole rings is 1. The number of nitrogens with zero attached hydrogens (tertiary/aromatic N) is 3. The van der Waals surface area contributed by atoms with Crippen molar-refractivity contribution in [2.75, 3.05) is 13.1 Å². The molecule has 0 radical (unpaired) electrons. The maximum atomic E-state index is 12.8. The monoisotopic (exact) mass is 343 g/mol. The molecule has 3 rings (SSSR count). The van der Waals surface area contributed by atoms with E-state index in [1.165, 1.54) is 0 Å². The Kier molecular flexibility index (Phi) is 5.21. The van der Waals surface area contributed by atoms with Gasteiger partial charge < -0.3 is 19.8 Å². The van der Waals surface area contributed by atoms with Gasteiger partial charge in [-0.1, -0.05) is 0 Å². The van der Waals surface area contributed by atoms with Crippen LogP contribution in [0, 0.1) is 5.92 Å². The van der Waals surface area contributed by atoms with E-state index in [0.717, 1.165) is 17.9 Å². The lowest BCUT2D eigenvalue weighted by atomic mass is 9.87. The molecule has 2 atom stereocenters. The Morgan fingerprint density at radius 1 is 1.48 bits per heavy atom. The molecule has 1 saturated heterocycles. The third-order valence-corrected chi connectivity index (χ3v) is 4.86. The van der Waals surface area contributed by atoms with E-state index in [-0.39, 0.29) is 23.8 Å². The average Bonchev–Trinajstić information content (AvgIpc) is 3.26. The van der Waals surface area contributed by atoms with Gasteiger partial charge >= 0.3 is 0 Å². The Labute approximate surface area is 147 Å². The van der Waals surface area contributed by atoms with Crippen molar-refractivity contribution in [3.05, 3.63) is 42.2 Å². The highest BCUT2D eigenvalue weighted by Crippen LogP contribution is 2.35. The fourth-order valence-electron chi connectivity index (χ4n) is 3.56. The predicted molar refractivity (Wildman–Crippen MR) is 93.6 cm³/mol. The summed E-state index contributed by atoms with van der Waals surface area (Å²) >= 11 is 0. The van der Waals surface area contributed by atoms with Crippen LogP contribution in [0.1, 0.15) is 37.3 Å². The van der Waals surface area contributed by atoms with Crippen LogP contribution in [0.25, 0.3) is 0 Å². The van der Waals surface area contributed by atoms with Crippen molar-refractivity contribution in [2.24, 2.45) is 13.0 Å². The molecular weight excluding hydrogens is 318 g/mol. The molecule has 7 heteroatoms. The Morgan fingerprint density at radius 3 is 2.96 bits per heavy atom. The number of rotatable bonds is 6. The fraction of sp³-hybridized carbons (Fsp3) is 0.500. The second kappa shape index (κ2) is 7.55. The van der Waals surface area contributed by atoms with Crippen LogP contribution in [0.15, 0.2) is 30.7 Å². The number of amides is 2. The number of likely N-dealkylation sites (tertiary alicyclic amines) is 1. The average molecular weight is 343 g/mol. The van der Waals surface area contributed by atoms with Crippen LogP contribution in [0.5, 0.6) is 0 Å². The number of hydrogen-bond donors (Lipinski definition) is 2. The van der Waals surface area contributed by atoms with Gasteiger partial charge in [-0.15, -0.1) is 0 Å². The van der Waals surface area contributed by atoms with Crippen molar-refractivity contribution in [3.63, 3.8) is 0 Å². The van der Waals surface area contributed by atoms with Crippen molar-refractivity contribution in [1.29, 1.82) is 0 Å². The second-order valence-corrected chi connectivity index (χ2v) is 6.40. The fourth-order valence-corrected chi connectivity index (χ4v) is 3.56. The molecule has 0 aromatic carbocycles. The second-order valence-electron chi connectivity index (χ2n) is 6.40. The molecule has 1 fully saturated rings. The van der Waals surface area contributed by atoms with E-state index in [0.29, 0.717) is 25.9 Å². The van der Waals surface area contributed by atoms with Crippen LogP contribution in [-0.4, -0.2) is 44.3 Å². The summed E-state index contributed by atoms with van der Waals surface area (Å²) < 4.78 is 1.89. The highest BCUT2D eigenvalue weighted by Gasteiger charge is 2.41. The van der Waals surface area contributed by atoms with Crippen LogP contribution in [0.2, 0.25) is 0 Å². The van der Waals surface area contributed by atoms with E-state index in [9.17, 15) is 9.59 Å². The van der Waals surface area contributed by atoms with Gasteiger partial charge in [0, 0.05) is 57.3 Å². The van der Waals surface area contributed by atoms with E-state index in [4.69, 9.17) is 0 Å². The number of carbonyl (C=O) groups is 2. The Balaban J connectivity index is 1.73. The largest absolute Gasteiger partial charge is 0.365 e. The lowest BCUT2D eigenvalue weighted by molar-refractivity contribution is -0.143. The summed E-state index contributed by atoms with van der Waals surface area (Å²) in [5, 5.41) is 3.03. The minimum absolute atomic E-state index is 0.00879. The number of aromatic amines is 1. The molecule has 1 aliphatic heterocycles. The molecule has 1 aliphatic rings. The first-order valence-corrected chi connectivity index (χ1v) is 8.78. The topological polar surface area (TPSA) is 83.0 Å². The minimum Gasteiger partial charge on any atom is -0.365 e. The van der Waals surface area contributed by atoms with Gasteiger partial charge in [0.1, 0.15) is 11.9 Å². The van der Waals surface area contributed by atoms with Crippen molar-refractivity contribution >= 4 is 11.8 Å². The molecule has 0 bridgehead atoms. The highest BCUT2D eigenvalue weighted by molar-refractivity contribution is 5.84. The van der Waals surface area contributed by atoms with Crippen molar-refractivity contribution in [1.82, 2.24) is 24.8 Å². The zero-order valence-corrected chi connectivity index (χ0v) is 14.7. The molecule has 7 nitrogen and oxygen atoms in total. The minimum atomic E-state index is -0.309. The molecule has 134 valence electrons. The normalized spacial score (nSPS) is 20.7. The van der Waals surface area contributed by atoms with Gasteiger partial charge in [0.2, 0.25) is 11.8 Å². The molecule has 3 heterocycles. The van der Waals surface area contributed by atoms with Gasteiger partial charge in [0.15, 0.2) is 0 Å². The van der Waals surface area contributed by atoms with Crippen molar-refractivity contribution in [2.45, 2.75) is 32.2 Å². The molecule has 0 aliphatic carbocycles. The highest BCUT2D eigenvalue weighted by atomic mass is 16.2. The van der Waals surface area contributed by atoms with Crippen LogP contribution in [0.3, 0.4) is 0 Å². The lowest BCUT2D eigenvalue weighted by Gasteiger charge is -2.39. The Morgan fingerprint density at radius 2 is 2.32 bits per heavy atom. The molecule has 2 amide bonds. The van der Waals surface area contributed by atoms with Crippen molar-refractivity contribution in [3.8, 4) is 0 Å². The zero-order valence-electron chi connectivity index (χ0n) is 14.7. The first-order chi connectivity index (χ1) is 12.1. The molecule has 0 unspecified atom stereocenters. The molecule has 0 spiro atoms. The maximum Gasteiger partial charge on any atom is 0.225 e. The van der Waals surface area contributed by atoms with Gasteiger partial charge in [-0.05, 0) is 25.5 Å². The van der Waals surface area contributed by atoms with Gasteiger partial charge in [-0.3, -0.25) is 9.59 Å². The van der Waals surface area contributed by atoms with Crippen LogP contribution in [-0.2, 0) is 23.1 Å². The first-order valence-electron chi connectivity index (χ1n) is 8.78. The summed E-state index contributed by atoms with van der Waals surface area (Å²) in [6.45, 7) is 3.09. The first kappa shape index (κ1) is 17.3. The number of aryl methyl sites for hydroxylation is 1. The van der Waals surface area contributed by atoms with E-state index >= 15 is 0 Å². The number of piperidine rings is 1. The quantitative estimate of drug-likeness (QED) is 0.832. The summed E-state index contributed by atoms with van der Waals surface area (Å²) in [7, 11) is 1.90. The van der Waals surface area contributed by atoms with Gasteiger partial charge in [0.05, 0.1) is 5.92 Å². The van der Waals surface area contributed by atoms with E-state index < -0.39 is 0 Å². The summed E-state index contributed by atoms with van der Waals surface area (Å²) in [5.41, 5.74) is 1.09. The summed E-state index contributed by atoms with van der Waals surface area (Å²) in [6.07, 6.45) is 7.16.